The van der Waals surface area contributed by atoms with Gasteiger partial charge in [0.15, 0.2) is 0 Å². The minimum atomic E-state index is 0.115. The van der Waals surface area contributed by atoms with E-state index in [2.05, 4.69) is 11.0 Å². The molecule has 156 valence electrons. The van der Waals surface area contributed by atoms with Crippen LogP contribution in [-0.4, -0.2) is 41.9 Å². The molecule has 0 saturated carbocycles. The molecule has 4 nitrogen and oxygen atoms in total. The number of ether oxygens (including phenoxy) is 1. The summed E-state index contributed by atoms with van der Waals surface area (Å²) in [7, 11) is 0. The van der Waals surface area contributed by atoms with E-state index in [-0.39, 0.29) is 5.91 Å². The van der Waals surface area contributed by atoms with E-state index in [1.807, 2.05) is 65.7 Å². The SMILES string of the molecule is Cc1cccc(OCc2csc(C(=O)N3CCN(Cc4cccc(Cl)c4)CC3)c2)c1. The number of benzene rings is 2. The fourth-order valence-corrected chi connectivity index (χ4v) is 4.67. The van der Waals surface area contributed by atoms with Gasteiger partial charge >= 0.3 is 0 Å². The number of rotatable bonds is 6. The van der Waals surface area contributed by atoms with Gasteiger partial charge in [0, 0.05) is 43.3 Å². The minimum Gasteiger partial charge on any atom is -0.489 e. The maximum Gasteiger partial charge on any atom is 0.264 e. The van der Waals surface area contributed by atoms with E-state index in [1.165, 1.54) is 22.5 Å². The van der Waals surface area contributed by atoms with Crippen molar-refractivity contribution in [3.63, 3.8) is 0 Å². The molecule has 1 saturated heterocycles. The summed E-state index contributed by atoms with van der Waals surface area (Å²) in [4.78, 5) is 18.0. The molecule has 0 atom stereocenters. The van der Waals surface area contributed by atoms with E-state index in [4.69, 9.17) is 16.3 Å². The molecule has 0 aliphatic carbocycles. The highest BCUT2D eigenvalue weighted by Gasteiger charge is 2.23. The van der Waals surface area contributed by atoms with Crippen LogP contribution < -0.4 is 4.74 Å². The highest BCUT2D eigenvalue weighted by Crippen LogP contribution is 2.21. The number of carbonyl (C=O) groups is 1. The van der Waals surface area contributed by atoms with Gasteiger partial charge in [0.2, 0.25) is 0 Å². The third-order valence-electron chi connectivity index (χ3n) is 5.21. The van der Waals surface area contributed by atoms with Crippen molar-refractivity contribution in [3.05, 3.63) is 86.6 Å². The van der Waals surface area contributed by atoms with Crippen molar-refractivity contribution in [2.75, 3.05) is 26.2 Å². The molecule has 2 aromatic carbocycles. The van der Waals surface area contributed by atoms with E-state index >= 15 is 0 Å². The van der Waals surface area contributed by atoms with Gasteiger partial charge in [-0.3, -0.25) is 9.69 Å². The Kier molecular flexibility index (Phi) is 6.72. The summed E-state index contributed by atoms with van der Waals surface area (Å²) in [5.41, 5.74) is 3.41. The van der Waals surface area contributed by atoms with Gasteiger partial charge in [-0.15, -0.1) is 11.3 Å². The van der Waals surface area contributed by atoms with Crippen molar-refractivity contribution < 1.29 is 9.53 Å². The number of nitrogens with zero attached hydrogens (tertiary/aromatic N) is 2. The van der Waals surface area contributed by atoms with E-state index < -0.39 is 0 Å². The van der Waals surface area contributed by atoms with Crippen LogP contribution in [0.1, 0.15) is 26.4 Å². The van der Waals surface area contributed by atoms with E-state index in [9.17, 15) is 4.79 Å². The average molecular weight is 441 g/mol. The highest BCUT2D eigenvalue weighted by atomic mass is 35.5. The van der Waals surface area contributed by atoms with Crippen LogP contribution in [-0.2, 0) is 13.2 Å². The van der Waals surface area contributed by atoms with Gasteiger partial charge < -0.3 is 9.64 Å². The maximum absolute atomic E-state index is 12.9. The Balaban J connectivity index is 1.28. The highest BCUT2D eigenvalue weighted by molar-refractivity contribution is 7.12. The topological polar surface area (TPSA) is 32.8 Å². The molecule has 0 radical (unpaired) electrons. The average Bonchev–Trinajstić information content (AvgIpc) is 3.22. The molecule has 0 N–H and O–H groups in total. The minimum absolute atomic E-state index is 0.115. The lowest BCUT2D eigenvalue weighted by Gasteiger charge is -2.34. The van der Waals surface area contributed by atoms with Gasteiger partial charge in [-0.25, -0.2) is 0 Å². The summed E-state index contributed by atoms with van der Waals surface area (Å²) >= 11 is 7.58. The standard InChI is InChI=1S/C24H25ClN2O2S/c1-18-4-2-7-22(12-18)29-16-20-14-23(30-17-20)24(28)27-10-8-26(9-11-27)15-19-5-3-6-21(25)13-19/h2-7,12-14,17H,8-11,15-16H2,1H3. The Morgan fingerprint density at radius 1 is 1.03 bits per heavy atom. The van der Waals surface area contributed by atoms with Crippen LogP contribution in [0.3, 0.4) is 0 Å². The number of hydrogen-bond acceptors (Lipinski definition) is 4. The zero-order valence-electron chi connectivity index (χ0n) is 17.0. The number of amides is 1. The number of aryl methyl sites for hydroxylation is 1. The van der Waals surface area contributed by atoms with Gasteiger partial charge in [0.1, 0.15) is 12.4 Å². The number of carbonyl (C=O) groups excluding carboxylic acids is 1. The summed E-state index contributed by atoms with van der Waals surface area (Å²) in [6, 6.07) is 17.9. The van der Waals surface area contributed by atoms with Crippen molar-refractivity contribution in [1.29, 1.82) is 0 Å². The molecule has 0 spiro atoms. The van der Waals surface area contributed by atoms with Gasteiger partial charge in [-0.2, -0.15) is 0 Å². The van der Waals surface area contributed by atoms with Crippen molar-refractivity contribution in [2.45, 2.75) is 20.1 Å². The normalized spacial score (nSPS) is 14.7. The molecule has 6 heteroatoms. The number of hydrogen-bond donors (Lipinski definition) is 0. The van der Waals surface area contributed by atoms with Crippen LogP contribution in [0, 0.1) is 6.92 Å². The first-order chi connectivity index (χ1) is 14.6. The molecule has 30 heavy (non-hydrogen) atoms. The number of halogens is 1. The van der Waals surface area contributed by atoms with E-state index in [0.29, 0.717) is 6.61 Å². The molecule has 1 aromatic heterocycles. The number of thiophene rings is 1. The van der Waals surface area contributed by atoms with Crippen LogP contribution in [0.15, 0.2) is 60.0 Å². The quantitative estimate of drug-likeness (QED) is 0.525. The van der Waals surface area contributed by atoms with Gasteiger partial charge in [-0.05, 0) is 53.8 Å². The second-order valence-electron chi connectivity index (χ2n) is 7.62. The van der Waals surface area contributed by atoms with E-state index in [0.717, 1.165) is 53.9 Å². The second-order valence-corrected chi connectivity index (χ2v) is 8.97. The zero-order valence-corrected chi connectivity index (χ0v) is 18.6. The molecule has 1 amide bonds. The Bertz CT molecular complexity index is 1010. The zero-order chi connectivity index (χ0) is 20.9. The lowest BCUT2D eigenvalue weighted by Crippen LogP contribution is -2.48. The third-order valence-corrected chi connectivity index (χ3v) is 6.42. The molecule has 4 rings (SSSR count). The van der Waals surface area contributed by atoms with Crippen molar-refractivity contribution >= 4 is 28.8 Å². The first-order valence-electron chi connectivity index (χ1n) is 10.1. The molecule has 2 heterocycles. The van der Waals surface area contributed by atoms with Gasteiger partial charge in [0.05, 0.1) is 4.88 Å². The fraction of sp³-hybridized carbons (Fsp3) is 0.292. The summed E-state index contributed by atoms with van der Waals surface area (Å²) in [5.74, 6) is 0.967. The summed E-state index contributed by atoms with van der Waals surface area (Å²) in [5, 5.41) is 2.78. The molecule has 1 aliphatic rings. The van der Waals surface area contributed by atoms with Crippen LogP contribution >= 0.6 is 22.9 Å². The first kappa shape index (κ1) is 20.9. The smallest absolute Gasteiger partial charge is 0.264 e. The molecular weight excluding hydrogens is 416 g/mol. The Morgan fingerprint density at radius 2 is 1.83 bits per heavy atom. The Morgan fingerprint density at radius 3 is 2.60 bits per heavy atom. The largest absolute Gasteiger partial charge is 0.489 e. The first-order valence-corrected chi connectivity index (χ1v) is 11.4. The molecular formula is C24H25ClN2O2S. The lowest BCUT2D eigenvalue weighted by molar-refractivity contribution is 0.0633. The predicted octanol–water partition coefficient (Wildman–Crippen LogP) is 5.25. The predicted molar refractivity (Wildman–Crippen MR) is 122 cm³/mol. The van der Waals surface area contributed by atoms with Gasteiger partial charge in [0.25, 0.3) is 5.91 Å². The Hall–Kier alpha value is -2.34. The monoisotopic (exact) mass is 440 g/mol. The van der Waals surface area contributed by atoms with Crippen molar-refractivity contribution in [3.8, 4) is 5.75 Å². The van der Waals surface area contributed by atoms with Crippen LogP contribution in [0.25, 0.3) is 0 Å². The van der Waals surface area contributed by atoms with Gasteiger partial charge in [-0.1, -0.05) is 35.9 Å². The van der Waals surface area contributed by atoms with Crippen molar-refractivity contribution in [1.82, 2.24) is 9.80 Å². The molecule has 0 bridgehead atoms. The third kappa shape index (κ3) is 5.42. The molecule has 3 aromatic rings. The van der Waals surface area contributed by atoms with Crippen molar-refractivity contribution in [2.24, 2.45) is 0 Å². The number of piperazine rings is 1. The fourth-order valence-electron chi connectivity index (χ4n) is 3.59. The summed E-state index contributed by atoms with van der Waals surface area (Å²) in [6.07, 6.45) is 0. The van der Waals surface area contributed by atoms with Crippen LogP contribution in [0.5, 0.6) is 5.75 Å². The van der Waals surface area contributed by atoms with E-state index in [1.54, 1.807) is 0 Å². The molecule has 1 fully saturated rings. The van der Waals surface area contributed by atoms with Crippen LogP contribution in [0.4, 0.5) is 0 Å². The lowest BCUT2D eigenvalue weighted by atomic mass is 10.2. The maximum atomic E-state index is 12.9. The summed E-state index contributed by atoms with van der Waals surface area (Å²) in [6.45, 7) is 6.60. The van der Waals surface area contributed by atoms with Crippen LogP contribution in [0.2, 0.25) is 5.02 Å². The molecule has 0 unspecified atom stereocenters. The Labute approximate surface area is 186 Å². The molecule has 1 aliphatic heterocycles. The summed E-state index contributed by atoms with van der Waals surface area (Å²) < 4.78 is 5.86. The second kappa shape index (κ2) is 9.65.